The number of pyridine rings is 1. The number of fused-ring (bicyclic) bond motifs is 2. The van der Waals surface area contributed by atoms with Crippen LogP contribution in [0.25, 0.3) is 10.9 Å². The molecule has 2 N–H and O–H groups in total. The van der Waals surface area contributed by atoms with Gasteiger partial charge in [0.05, 0.1) is 5.56 Å². The second-order valence-electron chi connectivity index (χ2n) is 4.55. The van der Waals surface area contributed by atoms with Crippen LogP contribution in [0.4, 0.5) is 4.39 Å². The molecule has 0 saturated heterocycles. The van der Waals surface area contributed by atoms with Gasteiger partial charge in [-0.15, -0.1) is 0 Å². The average molecular weight is 259 g/mol. The van der Waals surface area contributed by atoms with Gasteiger partial charge in [0.25, 0.3) is 5.91 Å². The second-order valence-corrected chi connectivity index (χ2v) is 4.55. The van der Waals surface area contributed by atoms with Crippen molar-refractivity contribution < 1.29 is 9.18 Å². The molecule has 1 aromatic heterocycles. The predicted molar refractivity (Wildman–Crippen MR) is 70.5 cm³/mol. The van der Waals surface area contributed by atoms with Crippen molar-refractivity contribution in [3.63, 3.8) is 0 Å². The minimum absolute atomic E-state index is 0.196. The van der Waals surface area contributed by atoms with E-state index in [9.17, 15) is 9.18 Å². The first-order valence-electron chi connectivity index (χ1n) is 6.25. The summed E-state index contributed by atoms with van der Waals surface area (Å²) in [6.45, 7) is 1.39. The third-order valence-corrected chi connectivity index (χ3v) is 3.45. The molecule has 0 fully saturated rings. The van der Waals surface area contributed by atoms with Gasteiger partial charge in [0.15, 0.2) is 0 Å². The smallest absolute Gasteiger partial charge is 0.252 e. The number of amides is 1. The van der Waals surface area contributed by atoms with Crippen LogP contribution in [0.5, 0.6) is 0 Å². The minimum Gasteiger partial charge on any atom is -0.355 e. The maximum atomic E-state index is 13.9. The van der Waals surface area contributed by atoms with E-state index in [0.29, 0.717) is 23.9 Å². The molecule has 5 heteroatoms. The van der Waals surface area contributed by atoms with E-state index in [1.807, 2.05) is 0 Å². The molecule has 98 valence electrons. The highest BCUT2D eigenvalue weighted by atomic mass is 19.1. The summed E-state index contributed by atoms with van der Waals surface area (Å²) < 4.78 is 13.9. The first kappa shape index (κ1) is 12.0. The fraction of sp³-hybridized carbons (Fsp3) is 0.286. The first-order valence-corrected chi connectivity index (χ1v) is 6.25. The van der Waals surface area contributed by atoms with Gasteiger partial charge in [-0.2, -0.15) is 0 Å². The number of carbonyl (C=O) groups is 1. The molecule has 3 rings (SSSR count). The Kier molecular flexibility index (Phi) is 2.91. The van der Waals surface area contributed by atoms with Crippen LogP contribution in [0.15, 0.2) is 18.2 Å². The van der Waals surface area contributed by atoms with E-state index in [1.165, 1.54) is 6.07 Å². The molecule has 0 spiro atoms. The highest BCUT2D eigenvalue weighted by Gasteiger charge is 2.22. The number of benzene rings is 1. The lowest BCUT2D eigenvalue weighted by Crippen LogP contribution is -2.29. The summed E-state index contributed by atoms with van der Waals surface area (Å²) in [6.07, 6.45) is 0.712. The van der Waals surface area contributed by atoms with Crippen LogP contribution in [0, 0.1) is 5.82 Å². The number of halogens is 1. The Labute approximate surface area is 110 Å². The van der Waals surface area contributed by atoms with E-state index in [-0.39, 0.29) is 17.2 Å². The lowest BCUT2D eigenvalue weighted by Gasteiger charge is -2.20. The molecular weight excluding hydrogens is 245 g/mol. The number of hydrogen-bond acceptors (Lipinski definition) is 3. The summed E-state index contributed by atoms with van der Waals surface area (Å²) in [5.41, 5.74) is 2.51. The number of nitrogens with zero attached hydrogens (tertiary/aromatic N) is 1. The first-order chi connectivity index (χ1) is 9.22. The van der Waals surface area contributed by atoms with E-state index in [4.69, 9.17) is 0 Å². The van der Waals surface area contributed by atoms with Gasteiger partial charge in [0.1, 0.15) is 11.3 Å². The third kappa shape index (κ3) is 1.86. The fourth-order valence-corrected chi connectivity index (χ4v) is 2.54. The van der Waals surface area contributed by atoms with Crippen molar-refractivity contribution in [1.29, 1.82) is 0 Å². The summed E-state index contributed by atoms with van der Waals surface area (Å²) in [5, 5.41) is 6.42. The van der Waals surface area contributed by atoms with Gasteiger partial charge in [-0.1, -0.05) is 12.1 Å². The quantitative estimate of drug-likeness (QED) is 0.813. The molecule has 1 amide bonds. The van der Waals surface area contributed by atoms with Crippen LogP contribution in [0.1, 0.15) is 21.6 Å². The van der Waals surface area contributed by atoms with Crippen LogP contribution in [-0.4, -0.2) is 24.5 Å². The van der Waals surface area contributed by atoms with Crippen molar-refractivity contribution >= 4 is 16.8 Å². The third-order valence-electron chi connectivity index (χ3n) is 3.45. The van der Waals surface area contributed by atoms with Crippen molar-refractivity contribution in [3.05, 3.63) is 40.8 Å². The molecule has 0 saturated carbocycles. The van der Waals surface area contributed by atoms with Gasteiger partial charge in [0.2, 0.25) is 0 Å². The lowest BCUT2D eigenvalue weighted by molar-refractivity contribution is 0.0963. The van der Waals surface area contributed by atoms with Crippen LogP contribution in [0.3, 0.4) is 0 Å². The van der Waals surface area contributed by atoms with E-state index in [0.717, 1.165) is 17.8 Å². The zero-order valence-electron chi connectivity index (χ0n) is 10.6. The Morgan fingerprint density at radius 2 is 2.32 bits per heavy atom. The van der Waals surface area contributed by atoms with Crippen molar-refractivity contribution in [1.82, 2.24) is 15.6 Å². The molecule has 0 atom stereocenters. The zero-order chi connectivity index (χ0) is 13.4. The molecule has 2 aromatic rings. The highest BCUT2D eigenvalue weighted by molar-refractivity contribution is 6.07. The van der Waals surface area contributed by atoms with Crippen LogP contribution in [-0.2, 0) is 13.0 Å². The Balaban J connectivity index is 2.40. The number of hydrogen-bond donors (Lipinski definition) is 2. The average Bonchev–Trinajstić information content (AvgIpc) is 2.45. The van der Waals surface area contributed by atoms with Crippen LogP contribution in [0.2, 0.25) is 0 Å². The van der Waals surface area contributed by atoms with Gasteiger partial charge in [0, 0.05) is 43.2 Å². The summed E-state index contributed by atoms with van der Waals surface area (Å²) in [5.74, 6) is -0.582. The maximum absolute atomic E-state index is 13.9. The number of rotatable bonds is 1. The Hall–Kier alpha value is -2.01. The van der Waals surface area contributed by atoms with Gasteiger partial charge >= 0.3 is 0 Å². The maximum Gasteiger partial charge on any atom is 0.252 e. The molecule has 0 radical (unpaired) electrons. The summed E-state index contributed by atoms with van der Waals surface area (Å²) in [6, 6.07) is 4.72. The van der Waals surface area contributed by atoms with Gasteiger partial charge in [-0.05, 0) is 6.07 Å². The predicted octanol–water partition coefficient (Wildman–Crippen LogP) is 1.38. The lowest BCUT2D eigenvalue weighted by atomic mass is 9.96. The topological polar surface area (TPSA) is 54.0 Å². The monoisotopic (exact) mass is 259 g/mol. The molecule has 0 aliphatic carbocycles. The number of para-hydroxylation sites is 1. The molecule has 1 aromatic carbocycles. The zero-order valence-corrected chi connectivity index (χ0v) is 10.6. The summed E-state index contributed by atoms with van der Waals surface area (Å²) >= 11 is 0. The largest absolute Gasteiger partial charge is 0.355 e. The van der Waals surface area contributed by atoms with Gasteiger partial charge < -0.3 is 10.6 Å². The molecule has 1 aliphatic heterocycles. The van der Waals surface area contributed by atoms with E-state index in [2.05, 4.69) is 15.6 Å². The van der Waals surface area contributed by atoms with Gasteiger partial charge in [-0.25, -0.2) is 9.37 Å². The fourth-order valence-electron chi connectivity index (χ4n) is 2.54. The second kappa shape index (κ2) is 4.59. The molecule has 0 unspecified atom stereocenters. The number of carbonyl (C=O) groups excluding carboxylic acids is 1. The highest BCUT2D eigenvalue weighted by Crippen LogP contribution is 2.27. The molecule has 1 aliphatic rings. The van der Waals surface area contributed by atoms with Crippen molar-refractivity contribution in [2.75, 3.05) is 13.6 Å². The Morgan fingerprint density at radius 3 is 3.11 bits per heavy atom. The van der Waals surface area contributed by atoms with Crippen LogP contribution >= 0.6 is 0 Å². The van der Waals surface area contributed by atoms with Crippen molar-refractivity contribution in [2.45, 2.75) is 13.0 Å². The summed E-state index contributed by atoms with van der Waals surface area (Å²) in [4.78, 5) is 16.5. The molecule has 0 bridgehead atoms. The van der Waals surface area contributed by atoms with Crippen molar-refractivity contribution in [2.24, 2.45) is 0 Å². The summed E-state index contributed by atoms with van der Waals surface area (Å²) in [7, 11) is 1.58. The normalized spacial score (nSPS) is 14.2. The Bertz CT molecular complexity index is 669. The van der Waals surface area contributed by atoms with E-state index in [1.54, 1.807) is 19.2 Å². The molecular formula is C14H14FN3O. The van der Waals surface area contributed by atoms with Crippen molar-refractivity contribution in [3.8, 4) is 0 Å². The van der Waals surface area contributed by atoms with E-state index >= 15 is 0 Å². The minimum atomic E-state index is -0.385. The molecule has 19 heavy (non-hydrogen) atoms. The number of nitrogens with one attached hydrogen (secondary N) is 2. The van der Waals surface area contributed by atoms with E-state index < -0.39 is 0 Å². The van der Waals surface area contributed by atoms with Crippen LogP contribution < -0.4 is 10.6 Å². The number of aromatic nitrogens is 1. The molecule has 2 heterocycles. The standard InChI is InChI=1S/C14H14FN3O/c1-16-14(19)12-8-3-2-4-10(15)13(8)18-11-5-6-17-7-9(11)12/h2-4,17H,5-7H2,1H3,(H,16,19). The molecule has 4 nitrogen and oxygen atoms in total. The SMILES string of the molecule is CNC(=O)c1c2c(nc3c(F)cccc13)CCNC2. The van der Waals surface area contributed by atoms with Gasteiger partial charge in [-0.3, -0.25) is 4.79 Å². The Morgan fingerprint density at radius 1 is 1.47 bits per heavy atom.